The van der Waals surface area contributed by atoms with Gasteiger partial charge in [0, 0.05) is 31.3 Å². The van der Waals surface area contributed by atoms with Gasteiger partial charge >= 0.3 is 0 Å². The zero-order valence-corrected chi connectivity index (χ0v) is 10.8. The lowest BCUT2D eigenvalue weighted by atomic mass is 10.3. The van der Waals surface area contributed by atoms with Crippen LogP contribution in [0.3, 0.4) is 0 Å². The molecular formula is C11H18N2O2S. The molecule has 16 heavy (non-hydrogen) atoms. The summed E-state index contributed by atoms with van der Waals surface area (Å²) in [5.41, 5.74) is 0.733. The van der Waals surface area contributed by atoms with Gasteiger partial charge in [0.2, 0.25) is 5.91 Å². The molecule has 1 amide bonds. The van der Waals surface area contributed by atoms with Crippen LogP contribution in [0, 0.1) is 6.92 Å². The Kier molecular flexibility index (Phi) is 4.89. The average Bonchev–Trinajstić information content (AvgIpc) is 2.65. The second kappa shape index (κ2) is 5.96. The number of carbonyl (C=O) groups excluding carboxylic acids is 1. The van der Waals surface area contributed by atoms with Crippen LogP contribution in [0.2, 0.25) is 0 Å². The Bertz CT molecular complexity index is 363. The second-order valence-corrected chi connectivity index (χ2v) is 4.96. The van der Waals surface area contributed by atoms with Crippen molar-refractivity contribution in [2.75, 3.05) is 13.6 Å². The number of hydrogen-bond acceptors (Lipinski definition) is 4. The maximum atomic E-state index is 11.6. The Morgan fingerprint density at radius 3 is 2.75 bits per heavy atom. The topological polar surface area (TPSA) is 53.4 Å². The van der Waals surface area contributed by atoms with Crippen LogP contribution in [0.1, 0.15) is 28.9 Å². The first kappa shape index (κ1) is 13.1. The highest BCUT2D eigenvalue weighted by Gasteiger charge is 2.10. The second-order valence-electron chi connectivity index (χ2n) is 3.68. The molecule has 0 spiro atoms. The number of thiazole rings is 1. The first-order chi connectivity index (χ1) is 7.58. The standard InChI is InChI=1S/C11H18N2O2S/c1-4-13(3)11(15)6-5-10-12-9(7-14)8(2)16-10/h14H,4-7H2,1-3H3. The van der Waals surface area contributed by atoms with Gasteiger partial charge in [-0.05, 0) is 13.8 Å². The number of aromatic nitrogens is 1. The molecule has 1 N–H and O–H groups in total. The first-order valence-corrected chi connectivity index (χ1v) is 6.20. The highest BCUT2D eigenvalue weighted by molar-refractivity contribution is 7.11. The normalized spacial score (nSPS) is 10.5. The summed E-state index contributed by atoms with van der Waals surface area (Å²) in [6.07, 6.45) is 1.15. The van der Waals surface area contributed by atoms with Crippen molar-refractivity contribution in [2.45, 2.75) is 33.3 Å². The van der Waals surface area contributed by atoms with E-state index in [9.17, 15) is 4.79 Å². The molecule has 1 aromatic rings. The number of rotatable bonds is 5. The fourth-order valence-corrected chi connectivity index (χ4v) is 2.26. The fourth-order valence-electron chi connectivity index (χ4n) is 1.32. The summed E-state index contributed by atoms with van der Waals surface area (Å²) in [6.45, 7) is 4.60. The van der Waals surface area contributed by atoms with Gasteiger partial charge in [-0.1, -0.05) is 0 Å². The minimum Gasteiger partial charge on any atom is -0.390 e. The molecule has 1 aromatic heterocycles. The van der Waals surface area contributed by atoms with Crippen molar-refractivity contribution in [3.8, 4) is 0 Å². The molecule has 0 aliphatic rings. The number of nitrogens with zero attached hydrogens (tertiary/aromatic N) is 2. The molecule has 0 aliphatic heterocycles. The van der Waals surface area contributed by atoms with Gasteiger partial charge in [-0.3, -0.25) is 4.79 Å². The Morgan fingerprint density at radius 1 is 1.56 bits per heavy atom. The van der Waals surface area contributed by atoms with Crippen LogP contribution < -0.4 is 0 Å². The lowest BCUT2D eigenvalue weighted by Gasteiger charge is -2.13. The molecule has 5 heteroatoms. The van der Waals surface area contributed by atoms with Crippen LogP contribution in [0.5, 0.6) is 0 Å². The summed E-state index contributed by atoms with van der Waals surface area (Å²) in [6, 6.07) is 0. The molecule has 0 aliphatic carbocycles. The van der Waals surface area contributed by atoms with E-state index >= 15 is 0 Å². The number of aryl methyl sites for hydroxylation is 2. The largest absolute Gasteiger partial charge is 0.390 e. The van der Waals surface area contributed by atoms with Gasteiger partial charge in [-0.2, -0.15) is 0 Å². The number of aliphatic hydroxyl groups is 1. The first-order valence-electron chi connectivity index (χ1n) is 5.38. The van der Waals surface area contributed by atoms with Gasteiger partial charge in [0.15, 0.2) is 0 Å². The minimum absolute atomic E-state index is 0.0227. The molecule has 0 atom stereocenters. The molecule has 0 bridgehead atoms. The Labute approximate surface area is 99.9 Å². The predicted molar refractivity (Wildman–Crippen MR) is 64.4 cm³/mol. The van der Waals surface area contributed by atoms with Gasteiger partial charge in [0.1, 0.15) is 0 Å². The van der Waals surface area contributed by atoms with Gasteiger partial charge in [-0.15, -0.1) is 11.3 Å². The van der Waals surface area contributed by atoms with Crippen LogP contribution in [0.15, 0.2) is 0 Å². The smallest absolute Gasteiger partial charge is 0.222 e. The van der Waals surface area contributed by atoms with E-state index < -0.39 is 0 Å². The summed E-state index contributed by atoms with van der Waals surface area (Å²) in [4.78, 5) is 18.6. The average molecular weight is 242 g/mol. The highest BCUT2D eigenvalue weighted by atomic mass is 32.1. The number of carbonyl (C=O) groups is 1. The lowest BCUT2D eigenvalue weighted by Crippen LogP contribution is -2.26. The number of hydrogen-bond donors (Lipinski definition) is 1. The van der Waals surface area contributed by atoms with Crippen molar-refractivity contribution in [3.63, 3.8) is 0 Å². The quantitative estimate of drug-likeness (QED) is 0.848. The zero-order valence-electron chi connectivity index (χ0n) is 9.99. The van der Waals surface area contributed by atoms with Gasteiger partial charge < -0.3 is 10.0 Å². The fraction of sp³-hybridized carbons (Fsp3) is 0.636. The predicted octanol–water partition coefficient (Wildman–Crippen LogP) is 1.35. The van der Waals surface area contributed by atoms with Crippen LogP contribution in [0.25, 0.3) is 0 Å². The van der Waals surface area contributed by atoms with Crippen molar-refractivity contribution in [2.24, 2.45) is 0 Å². The maximum Gasteiger partial charge on any atom is 0.222 e. The molecule has 0 radical (unpaired) electrons. The SMILES string of the molecule is CCN(C)C(=O)CCc1nc(CO)c(C)s1. The Balaban J connectivity index is 2.51. The lowest BCUT2D eigenvalue weighted by molar-refractivity contribution is -0.129. The molecule has 0 fully saturated rings. The van der Waals surface area contributed by atoms with E-state index in [1.807, 2.05) is 13.8 Å². The van der Waals surface area contributed by atoms with Crippen molar-refractivity contribution in [3.05, 3.63) is 15.6 Å². The number of amides is 1. The highest BCUT2D eigenvalue weighted by Crippen LogP contribution is 2.18. The van der Waals surface area contributed by atoms with E-state index in [0.29, 0.717) is 12.8 Å². The molecule has 0 saturated carbocycles. The summed E-state index contributed by atoms with van der Waals surface area (Å²) >= 11 is 1.56. The van der Waals surface area contributed by atoms with E-state index in [1.165, 1.54) is 0 Å². The molecule has 0 unspecified atom stereocenters. The zero-order chi connectivity index (χ0) is 12.1. The molecule has 0 aromatic carbocycles. The van der Waals surface area contributed by atoms with Gasteiger partial charge in [0.25, 0.3) is 0 Å². The van der Waals surface area contributed by atoms with Crippen LogP contribution in [0.4, 0.5) is 0 Å². The third-order valence-electron chi connectivity index (χ3n) is 2.54. The summed E-state index contributed by atoms with van der Waals surface area (Å²) in [5.74, 6) is 0.140. The van der Waals surface area contributed by atoms with Crippen molar-refractivity contribution < 1.29 is 9.90 Å². The number of aliphatic hydroxyl groups excluding tert-OH is 1. The minimum atomic E-state index is -0.0227. The van der Waals surface area contributed by atoms with Crippen LogP contribution in [-0.4, -0.2) is 34.5 Å². The van der Waals surface area contributed by atoms with E-state index in [0.717, 1.165) is 22.1 Å². The molecule has 4 nitrogen and oxygen atoms in total. The molecular weight excluding hydrogens is 224 g/mol. The van der Waals surface area contributed by atoms with Crippen molar-refractivity contribution >= 4 is 17.2 Å². The van der Waals surface area contributed by atoms with Gasteiger partial charge in [0.05, 0.1) is 17.3 Å². The summed E-state index contributed by atoms with van der Waals surface area (Å²) < 4.78 is 0. The summed E-state index contributed by atoms with van der Waals surface area (Å²) in [7, 11) is 1.80. The van der Waals surface area contributed by atoms with Crippen LogP contribution in [-0.2, 0) is 17.8 Å². The van der Waals surface area contributed by atoms with E-state index in [-0.39, 0.29) is 12.5 Å². The third kappa shape index (κ3) is 3.28. The third-order valence-corrected chi connectivity index (χ3v) is 3.61. The summed E-state index contributed by atoms with van der Waals surface area (Å²) in [5, 5.41) is 9.93. The van der Waals surface area contributed by atoms with E-state index in [4.69, 9.17) is 5.11 Å². The van der Waals surface area contributed by atoms with Gasteiger partial charge in [-0.25, -0.2) is 4.98 Å². The van der Waals surface area contributed by atoms with E-state index in [2.05, 4.69) is 4.98 Å². The molecule has 1 rings (SSSR count). The maximum absolute atomic E-state index is 11.6. The van der Waals surface area contributed by atoms with Crippen LogP contribution >= 0.6 is 11.3 Å². The van der Waals surface area contributed by atoms with Crippen molar-refractivity contribution in [1.29, 1.82) is 0 Å². The molecule has 1 heterocycles. The Hall–Kier alpha value is -0.940. The molecule has 90 valence electrons. The molecule has 0 saturated heterocycles. The van der Waals surface area contributed by atoms with E-state index in [1.54, 1.807) is 23.3 Å². The monoisotopic (exact) mass is 242 g/mol. The Morgan fingerprint density at radius 2 is 2.25 bits per heavy atom. The van der Waals surface area contributed by atoms with Crippen molar-refractivity contribution in [1.82, 2.24) is 9.88 Å².